The summed E-state index contributed by atoms with van der Waals surface area (Å²) in [6.07, 6.45) is 5.87. The van der Waals surface area contributed by atoms with Crippen molar-refractivity contribution in [2.75, 3.05) is 0 Å². The van der Waals surface area contributed by atoms with Crippen LogP contribution in [0.3, 0.4) is 0 Å². The van der Waals surface area contributed by atoms with Gasteiger partial charge in [0.05, 0.1) is 4.90 Å². The Bertz CT molecular complexity index is 735. The highest BCUT2D eigenvalue weighted by atomic mass is 32.2. The van der Waals surface area contributed by atoms with Gasteiger partial charge in [-0.1, -0.05) is 6.07 Å². The first-order valence-corrected chi connectivity index (χ1v) is 8.39. The van der Waals surface area contributed by atoms with Crippen LogP contribution in [0.5, 0.6) is 0 Å². The topological polar surface area (TPSA) is 64.8 Å². The third-order valence-electron chi connectivity index (χ3n) is 3.65. The predicted molar refractivity (Wildman–Crippen MR) is 75.0 cm³/mol. The number of hydrogen-bond acceptors (Lipinski definition) is 4. The van der Waals surface area contributed by atoms with E-state index in [0.29, 0.717) is 10.7 Å². The zero-order chi connectivity index (χ0) is 14.2. The largest absolute Gasteiger partial charge is 0.256 e. The summed E-state index contributed by atoms with van der Waals surface area (Å²) in [6.45, 7) is 0. The van der Waals surface area contributed by atoms with Crippen molar-refractivity contribution in [1.82, 2.24) is 14.8 Å². The molecule has 0 N–H and O–H groups in total. The lowest BCUT2D eigenvalue weighted by Gasteiger charge is -2.16. The van der Waals surface area contributed by atoms with E-state index in [1.54, 1.807) is 13.1 Å². The van der Waals surface area contributed by atoms with Gasteiger partial charge in [0.15, 0.2) is 15.7 Å². The summed E-state index contributed by atoms with van der Waals surface area (Å²) in [5, 5.41) is 4.04. The minimum Gasteiger partial charge on any atom is -0.256 e. The number of sulfone groups is 1. The lowest BCUT2D eigenvalue weighted by molar-refractivity contribution is 0.592. The van der Waals surface area contributed by atoms with Gasteiger partial charge in [-0.25, -0.2) is 13.4 Å². The van der Waals surface area contributed by atoms with Crippen molar-refractivity contribution in [3.63, 3.8) is 0 Å². The number of aryl methyl sites for hydroxylation is 3. The molecule has 0 saturated heterocycles. The van der Waals surface area contributed by atoms with E-state index in [0.717, 1.165) is 19.3 Å². The number of nitrogens with zero attached hydrogens (tertiary/aromatic N) is 3. The molecule has 106 valence electrons. The second-order valence-electron chi connectivity index (χ2n) is 5.23. The monoisotopic (exact) mass is 291 g/mol. The Morgan fingerprint density at radius 3 is 2.65 bits per heavy atom. The first-order valence-electron chi connectivity index (χ1n) is 6.74. The Hall–Kier alpha value is -1.69. The quantitative estimate of drug-likeness (QED) is 0.863. The molecule has 0 fully saturated rings. The van der Waals surface area contributed by atoms with Gasteiger partial charge in [0.1, 0.15) is 12.1 Å². The third kappa shape index (κ3) is 2.60. The molecule has 1 aliphatic rings. The van der Waals surface area contributed by atoms with Crippen LogP contribution >= 0.6 is 0 Å². The van der Waals surface area contributed by atoms with Crippen LogP contribution in [-0.2, 0) is 35.5 Å². The molecule has 1 aromatic carbocycles. The second-order valence-corrected chi connectivity index (χ2v) is 7.22. The minimum atomic E-state index is -3.37. The third-order valence-corrected chi connectivity index (χ3v) is 5.26. The molecule has 1 aromatic heterocycles. The van der Waals surface area contributed by atoms with E-state index in [1.165, 1.54) is 28.6 Å². The van der Waals surface area contributed by atoms with Crippen LogP contribution in [0.1, 0.15) is 29.8 Å². The molecule has 6 heteroatoms. The van der Waals surface area contributed by atoms with Crippen molar-refractivity contribution in [2.24, 2.45) is 7.05 Å². The minimum absolute atomic E-state index is 0.146. The van der Waals surface area contributed by atoms with Crippen molar-refractivity contribution in [1.29, 1.82) is 0 Å². The summed E-state index contributed by atoms with van der Waals surface area (Å²) >= 11 is 0. The Labute approximate surface area is 118 Å². The molecular weight excluding hydrogens is 274 g/mol. The Kier molecular flexibility index (Phi) is 3.33. The summed E-state index contributed by atoms with van der Waals surface area (Å²) in [4.78, 5) is 4.37. The molecule has 2 aromatic rings. The molecule has 5 nitrogen and oxygen atoms in total. The SMILES string of the molecule is Cn1cnc(CS(=O)(=O)c2ccc3c(c2)CCCC3)n1. The maximum Gasteiger partial charge on any atom is 0.185 e. The highest BCUT2D eigenvalue weighted by molar-refractivity contribution is 7.90. The first-order chi connectivity index (χ1) is 9.54. The van der Waals surface area contributed by atoms with Gasteiger partial charge in [-0.05, 0) is 48.9 Å². The Morgan fingerprint density at radius 1 is 1.20 bits per heavy atom. The van der Waals surface area contributed by atoms with E-state index in [1.807, 2.05) is 12.1 Å². The number of rotatable bonds is 3. The van der Waals surface area contributed by atoms with Gasteiger partial charge < -0.3 is 0 Å². The molecule has 0 saturated carbocycles. The molecule has 0 aliphatic heterocycles. The summed E-state index contributed by atoms with van der Waals surface area (Å²) in [5.74, 6) is 0.192. The number of aromatic nitrogens is 3. The van der Waals surface area contributed by atoms with E-state index in [-0.39, 0.29) is 5.75 Å². The fraction of sp³-hybridized carbons (Fsp3) is 0.429. The smallest absolute Gasteiger partial charge is 0.185 e. The number of benzene rings is 1. The zero-order valence-electron chi connectivity index (χ0n) is 11.4. The fourth-order valence-corrected chi connectivity index (χ4v) is 3.84. The van der Waals surface area contributed by atoms with Gasteiger partial charge in [-0.3, -0.25) is 4.68 Å². The molecule has 0 bridgehead atoms. The summed E-state index contributed by atoms with van der Waals surface area (Å²) < 4.78 is 26.3. The van der Waals surface area contributed by atoms with E-state index < -0.39 is 9.84 Å². The van der Waals surface area contributed by atoms with Crippen LogP contribution in [0.2, 0.25) is 0 Å². The summed E-state index contributed by atoms with van der Waals surface area (Å²) in [5.41, 5.74) is 2.46. The Balaban J connectivity index is 1.91. The van der Waals surface area contributed by atoms with Crippen molar-refractivity contribution < 1.29 is 8.42 Å². The maximum absolute atomic E-state index is 12.4. The molecule has 0 atom stereocenters. The average Bonchev–Trinajstić information content (AvgIpc) is 2.83. The van der Waals surface area contributed by atoms with Gasteiger partial charge in [-0.2, -0.15) is 5.10 Å². The molecule has 0 unspecified atom stereocenters. The molecule has 20 heavy (non-hydrogen) atoms. The van der Waals surface area contributed by atoms with E-state index in [4.69, 9.17) is 0 Å². The highest BCUT2D eigenvalue weighted by Crippen LogP contribution is 2.25. The predicted octanol–water partition coefficient (Wildman–Crippen LogP) is 1.67. The van der Waals surface area contributed by atoms with Gasteiger partial charge in [0.25, 0.3) is 0 Å². The molecular formula is C14H17N3O2S. The van der Waals surface area contributed by atoms with Gasteiger partial charge in [-0.15, -0.1) is 0 Å². The van der Waals surface area contributed by atoms with Crippen LogP contribution in [0.25, 0.3) is 0 Å². The highest BCUT2D eigenvalue weighted by Gasteiger charge is 2.20. The van der Waals surface area contributed by atoms with Gasteiger partial charge in [0, 0.05) is 7.05 Å². The van der Waals surface area contributed by atoms with Crippen LogP contribution in [0.15, 0.2) is 29.4 Å². The van der Waals surface area contributed by atoms with E-state index in [9.17, 15) is 8.42 Å². The van der Waals surface area contributed by atoms with Crippen molar-refractivity contribution in [2.45, 2.75) is 36.3 Å². The zero-order valence-corrected chi connectivity index (χ0v) is 12.2. The molecule has 1 aliphatic carbocycles. The maximum atomic E-state index is 12.4. The standard InChI is InChI=1S/C14H17N3O2S/c1-17-10-15-14(16-17)9-20(18,19)13-7-6-11-4-2-3-5-12(11)8-13/h6-8,10H,2-5,9H2,1H3. The number of hydrogen-bond donors (Lipinski definition) is 0. The lowest BCUT2D eigenvalue weighted by atomic mass is 9.92. The van der Waals surface area contributed by atoms with Crippen LogP contribution < -0.4 is 0 Å². The van der Waals surface area contributed by atoms with Crippen molar-refractivity contribution >= 4 is 9.84 Å². The van der Waals surface area contributed by atoms with E-state index in [2.05, 4.69) is 10.1 Å². The second kappa shape index (κ2) is 5.01. The molecule has 0 amide bonds. The normalized spacial score (nSPS) is 15.1. The van der Waals surface area contributed by atoms with Crippen molar-refractivity contribution in [3.8, 4) is 0 Å². The Morgan fingerprint density at radius 2 is 1.95 bits per heavy atom. The van der Waals surface area contributed by atoms with Crippen LogP contribution in [0.4, 0.5) is 0 Å². The molecule has 3 rings (SSSR count). The number of fused-ring (bicyclic) bond motifs is 1. The van der Waals surface area contributed by atoms with Gasteiger partial charge >= 0.3 is 0 Å². The lowest BCUT2D eigenvalue weighted by Crippen LogP contribution is -2.09. The molecule has 0 spiro atoms. The summed E-state index contributed by atoms with van der Waals surface area (Å²) in [6, 6.07) is 5.49. The average molecular weight is 291 g/mol. The van der Waals surface area contributed by atoms with Crippen LogP contribution in [-0.4, -0.2) is 23.2 Å². The van der Waals surface area contributed by atoms with Crippen LogP contribution in [0, 0.1) is 0 Å². The fourth-order valence-electron chi connectivity index (χ4n) is 2.61. The summed E-state index contributed by atoms with van der Waals surface area (Å²) in [7, 11) is -1.65. The first kappa shape index (κ1) is 13.3. The van der Waals surface area contributed by atoms with Gasteiger partial charge in [0.2, 0.25) is 0 Å². The van der Waals surface area contributed by atoms with E-state index >= 15 is 0 Å². The molecule has 0 radical (unpaired) electrons. The molecule has 1 heterocycles. The van der Waals surface area contributed by atoms with Crippen molar-refractivity contribution in [3.05, 3.63) is 41.5 Å².